The molecule has 0 aromatic heterocycles. The molecule has 1 saturated heterocycles. The molecule has 5 nitrogen and oxygen atoms in total. The quantitative estimate of drug-likeness (QED) is 0.705. The van der Waals surface area contributed by atoms with Crippen LogP contribution in [0.2, 0.25) is 0 Å². The average molecular weight is 311 g/mol. The van der Waals surface area contributed by atoms with Crippen molar-refractivity contribution in [3.8, 4) is 0 Å². The lowest BCUT2D eigenvalue weighted by Gasteiger charge is -2.30. The first-order chi connectivity index (χ1) is 10.2. The molecule has 0 spiro atoms. The molecule has 0 radical (unpaired) electrons. The fourth-order valence-corrected chi connectivity index (χ4v) is 3.12. The third kappa shape index (κ3) is 4.25. The van der Waals surface area contributed by atoms with Gasteiger partial charge in [0, 0.05) is 32.2 Å². The van der Waals surface area contributed by atoms with Crippen molar-refractivity contribution in [1.82, 2.24) is 9.80 Å². The molecule has 1 fully saturated rings. The van der Waals surface area contributed by atoms with E-state index in [4.69, 9.17) is 9.47 Å². The van der Waals surface area contributed by atoms with Crippen LogP contribution in [0.15, 0.2) is 29.7 Å². The van der Waals surface area contributed by atoms with Crippen LogP contribution in [-0.2, 0) is 9.47 Å². The van der Waals surface area contributed by atoms with Crippen LogP contribution < -0.4 is 0 Å². The Morgan fingerprint density at radius 2 is 2.38 bits per heavy atom. The predicted octanol–water partition coefficient (Wildman–Crippen LogP) is 2.48. The summed E-state index contributed by atoms with van der Waals surface area (Å²) in [4.78, 5) is 8.63. The zero-order valence-corrected chi connectivity index (χ0v) is 13.9. The zero-order chi connectivity index (χ0) is 15.2. The van der Waals surface area contributed by atoms with Crippen molar-refractivity contribution in [2.45, 2.75) is 31.9 Å². The molecule has 2 heterocycles. The zero-order valence-electron chi connectivity index (χ0n) is 13.1. The molecule has 118 valence electrons. The lowest BCUT2D eigenvalue weighted by Crippen LogP contribution is -2.36. The minimum Gasteiger partial charge on any atom is -0.378 e. The first kappa shape index (κ1) is 16.4. The van der Waals surface area contributed by atoms with E-state index in [2.05, 4.69) is 30.3 Å². The first-order valence-electron chi connectivity index (χ1n) is 7.45. The van der Waals surface area contributed by atoms with Crippen LogP contribution in [0.5, 0.6) is 0 Å². The summed E-state index contributed by atoms with van der Waals surface area (Å²) in [6, 6.07) is 0. The molecule has 0 aromatic carbocycles. The Bertz CT molecular complexity index is 425. The highest BCUT2D eigenvalue weighted by Gasteiger charge is 2.31. The van der Waals surface area contributed by atoms with Gasteiger partial charge in [-0.05, 0) is 19.4 Å². The highest BCUT2D eigenvalue weighted by molar-refractivity contribution is 8.00. The van der Waals surface area contributed by atoms with Gasteiger partial charge in [-0.15, -0.1) is 11.8 Å². The lowest BCUT2D eigenvalue weighted by molar-refractivity contribution is -0.0385. The fraction of sp³-hybridized carbons (Fsp3) is 0.667. The van der Waals surface area contributed by atoms with Crippen molar-refractivity contribution in [2.75, 3.05) is 32.6 Å². The van der Waals surface area contributed by atoms with E-state index in [1.807, 2.05) is 24.2 Å². The second-order valence-corrected chi connectivity index (χ2v) is 6.24. The van der Waals surface area contributed by atoms with Crippen molar-refractivity contribution in [2.24, 2.45) is 4.99 Å². The summed E-state index contributed by atoms with van der Waals surface area (Å²) >= 11 is 1.79. The van der Waals surface area contributed by atoms with Gasteiger partial charge in [0.15, 0.2) is 0 Å². The van der Waals surface area contributed by atoms with Crippen LogP contribution in [0.3, 0.4) is 0 Å². The third-order valence-corrected chi connectivity index (χ3v) is 4.53. The topological polar surface area (TPSA) is 37.3 Å². The van der Waals surface area contributed by atoms with Crippen LogP contribution in [0.4, 0.5) is 0 Å². The van der Waals surface area contributed by atoms with Crippen LogP contribution in [-0.4, -0.2) is 59.9 Å². The van der Waals surface area contributed by atoms with Gasteiger partial charge in [0.25, 0.3) is 0 Å². The van der Waals surface area contributed by atoms with E-state index >= 15 is 0 Å². The van der Waals surface area contributed by atoms with Crippen LogP contribution in [0.1, 0.15) is 20.3 Å². The van der Waals surface area contributed by atoms with Crippen LogP contribution in [0, 0.1) is 0 Å². The minimum atomic E-state index is -0.00814. The van der Waals surface area contributed by atoms with Crippen molar-refractivity contribution in [3.05, 3.63) is 24.7 Å². The average Bonchev–Trinajstić information content (AvgIpc) is 2.95. The fourth-order valence-electron chi connectivity index (χ4n) is 2.10. The van der Waals surface area contributed by atoms with E-state index in [0.717, 1.165) is 37.0 Å². The number of ether oxygens (including phenoxy) is 2. The number of hydrogen-bond donors (Lipinski definition) is 0. The second-order valence-electron chi connectivity index (χ2n) is 5.05. The summed E-state index contributed by atoms with van der Waals surface area (Å²) in [5, 5.41) is 0. The Morgan fingerprint density at radius 3 is 3.05 bits per heavy atom. The molecule has 0 amide bonds. The van der Waals surface area contributed by atoms with Gasteiger partial charge >= 0.3 is 0 Å². The Labute approximate surface area is 131 Å². The molecular formula is C15H25N3O2S. The molecule has 0 saturated carbocycles. The summed E-state index contributed by atoms with van der Waals surface area (Å²) in [5.41, 5.74) is 0.103. The maximum atomic E-state index is 6.01. The van der Waals surface area contributed by atoms with E-state index in [9.17, 15) is 0 Å². The van der Waals surface area contributed by atoms with Gasteiger partial charge in [0.05, 0.1) is 6.61 Å². The van der Waals surface area contributed by atoms with Crippen molar-refractivity contribution in [1.29, 1.82) is 0 Å². The lowest BCUT2D eigenvalue weighted by atomic mass is 10.3. The Kier molecular flexibility index (Phi) is 6.14. The molecule has 2 aliphatic heterocycles. The van der Waals surface area contributed by atoms with E-state index in [1.54, 1.807) is 11.8 Å². The molecule has 0 bridgehead atoms. The summed E-state index contributed by atoms with van der Waals surface area (Å²) in [5.74, 6) is 2.57. The Morgan fingerprint density at radius 1 is 1.57 bits per heavy atom. The summed E-state index contributed by atoms with van der Waals surface area (Å²) in [7, 11) is 2.02. The molecule has 0 aliphatic carbocycles. The van der Waals surface area contributed by atoms with E-state index < -0.39 is 0 Å². The molecule has 2 aliphatic rings. The molecule has 2 rings (SSSR count). The largest absolute Gasteiger partial charge is 0.378 e. The SMILES string of the molecule is C=C1N=C(N(C)CC)C=CN1[C@H]1CS[C@@H](COCCC)O1. The van der Waals surface area contributed by atoms with Gasteiger partial charge in [-0.25, -0.2) is 4.99 Å². The maximum Gasteiger partial charge on any atom is 0.145 e. The number of likely N-dealkylation sites (N-methyl/N-ethyl adjacent to an activating group) is 1. The number of hydrogen-bond acceptors (Lipinski definition) is 6. The molecule has 0 unspecified atom stereocenters. The van der Waals surface area contributed by atoms with Crippen molar-refractivity contribution >= 4 is 17.6 Å². The highest BCUT2D eigenvalue weighted by atomic mass is 32.2. The van der Waals surface area contributed by atoms with Crippen molar-refractivity contribution < 1.29 is 9.47 Å². The summed E-state index contributed by atoms with van der Waals surface area (Å²) in [6.45, 7) is 10.6. The molecule has 2 atom stereocenters. The highest BCUT2D eigenvalue weighted by Crippen LogP contribution is 2.30. The van der Waals surface area contributed by atoms with E-state index in [-0.39, 0.29) is 11.7 Å². The van der Waals surface area contributed by atoms with Gasteiger partial charge < -0.3 is 19.3 Å². The Balaban J connectivity index is 1.86. The number of thioether (sulfide) groups is 1. The minimum absolute atomic E-state index is 0.00814. The van der Waals surface area contributed by atoms with Gasteiger partial charge in [0.2, 0.25) is 0 Å². The predicted molar refractivity (Wildman–Crippen MR) is 88.1 cm³/mol. The van der Waals surface area contributed by atoms with Gasteiger partial charge in [-0.1, -0.05) is 13.5 Å². The van der Waals surface area contributed by atoms with Crippen LogP contribution in [0.25, 0.3) is 0 Å². The number of rotatable bonds is 6. The molecule has 6 heteroatoms. The number of nitrogens with zero attached hydrogens (tertiary/aromatic N) is 3. The molecule has 21 heavy (non-hydrogen) atoms. The van der Waals surface area contributed by atoms with Gasteiger partial charge in [-0.3, -0.25) is 0 Å². The summed E-state index contributed by atoms with van der Waals surface area (Å²) < 4.78 is 11.6. The maximum absolute atomic E-state index is 6.01. The molecule has 0 aromatic rings. The second kappa shape index (κ2) is 7.87. The Hall–Kier alpha value is -0.980. The standard InChI is InChI=1S/C15H25N3O2S/c1-5-9-19-10-15-20-14(11-21-15)18-8-7-13(16-12(18)3)17(4)6-2/h7-8,14-15H,3,5-6,9-11H2,1-2,4H3/t14-,15+/m1/s1. The first-order valence-corrected chi connectivity index (χ1v) is 8.50. The summed E-state index contributed by atoms with van der Waals surface area (Å²) in [6.07, 6.45) is 5.05. The normalized spacial score (nSPS) is 25.4. The molecule has 0 N–H and O–H groups in total. The number of aliphatic imine (C=N–C) groups is 1. The third-order valence-electron chi connectivity index (χ3n) is 3.44. The molecular weight excluding hydrogens is 286 g/mol. The number of amidine groups is 1. The monoisotopic (exact) mass is 311 g/mol. The van der Waals surface area contributed by atoms with E-state index in [1.165, 1.54) is 0 Å². The smallest absolute Gasteiger partial charge is 0.145 e. The van der Waals surface area contributed by atoms with Crippen LogP contribution >= 0.6 is 11.8 Å². The van der Waals surface area contributed by atoms with E-state index in [0.29, 0.717) is 6.61 Å². The van der Waals surface area contributed by atoms with Gasteiger partial charge in [-0.2, -0.15) is 0 Å². The van der Waals surface area contributed by atoms with Gasteiger partial charge in [0.1, 0.15) is 23.3 Å². The van der Waals surface area contributed by atoms with Crippen molar-refractivity contribution in [3.63, 3.8) is 0 Å².